The van der Waals surface area contributed by atoms with Gasteiger partial charge in [-0.1, -0.05) is 6.07 Å². The van der Waals surface area contributed by atoms with Gasteiger partial charge in [-0.05, 0) is 42.7 Å². The normalized spacial score (nSPS) is 22.2. The molecule has 0 radical (unpaired) electrons. The molecule has 3 aliphatic heterocycles. The maximum Gasteiger partial charge on any atom is 0.238 e. The third-order valence-corrected chi connectivity index (χ3v) is 6.59. The monoisotopic (exact) mass is 454 g/mol. The molecule has 1 atom stereocenters. The number of ether oxygens (including phenoxy) is 2. The third-order valence-electron chi connectivity index (χ3n) is 6.59. The van der Waals surface area contributed by atoms with Gasteiger partial charge in [-0.3, -0.25) is 14.5 Å². The first-order valence-electron chi connectivity index (χ1n) is 11.4. The van der Waals surface area contributed by atoms with Crippen LogP contribution in [0.25, 0.3) is 11.1 Å². The summed E-state index contributed by atoms with van der Waals surface area (Å²) >= 11 is 0. The lowest BCUT2D eigenvalue weighted by atomic mass is 9.97. The number of carbonyl (C=O) groups is 2. The zero-order chi connectivity index (χ0) is 22.8. The lowest BCUT2D eigenvalue weighted by molar-refractivity contribution is -0.142. The lowest BCUT2D eigenvalue weighted by Gasteiger charge is -2.41. The van der Waals surface area contributed by atoms with E-state index in [-0.39, 0.29) is 30.3 Å². The molecule has 1 aromatic carbocycles. The molecule has 0 aliphatic carbocycles. The topological polar surface area (TPSA) is 84.0 Å². The molecule has 5 rings (SSSR count). The van der Waals surface area contributed by atoms with E-state index in [9.17, 15) is 14.0 Å². The average molecular weight is 455 g/mol. The summed E-state index contributed by atoms with van der Waals surface area (Å²) < 4.78 is 25.6. The smallest absolute Gasteiger partial charge is 0.238 e. The minimum absolute atomic E-state index is 0.0119. The molecule has 0 saturated carbocycles. The predicted octanol–water partition coefficient (Wildman–Crippen LogP) is 2.16. The SMILES string of the molecule is O=C1CN2CCN(C(=O)C3CCOCC3)C[C@@H]2COc2ccc(-c3cccnc3F)cc2N1. The van der Waals surface area contributed by atoms with Crippen molar-refractivity contribution in [1.29, 1.82) is 0 Å². The highest BCUT2D eigenvalue weighted by molar-refractivity contribution is 5.94. The molecule has 174 valence electrons. The minimum atomic E-state index is -0.570. The number of aromatic nitrogens is 1. The van der Waals surface area contributed by atoms with E-state index in [0.29, 0.717) is 62.0 Å². The fraction of sp³-hybridized carbons (Fsp3) is 0.458. The fourth-order valence-corrected chi connectivity index (χ4v) is 4.74. The molecule has 9 heteroatoms. The van der Waals surface area contributed by atoms with E-state index in [4.69, 9.17) is 9.47 Å². The number of amides is 2. The summed E-state index contributed by atoms with van der Waals surface area (Å²) in [6.07, 6.45) is 2.92. The van der Waals surface area contributed by atoms with Gasteiger partial charge in [-0.2, -0.15) is 4.39 Å². The highest BCUT2D eigenvalue weighted by atomic mass is 19.1. The summed E-state index contributed by atoms with van der Waals surface area (Å²) in [6.45, 7) is 3.54. The van der Waals surface area contributed by atoms with Crippen LogP contribution in [0.1, 0.15) is 12.8 Å². The summed E-state index contributed by atoms with van der Waals surface area (Å²) in [5, 5.41) is 2.91. The number of pyridine rings is 1. The van der Waals surface area contributed by atoms with Crippen molar-refractivity contribution in [3.8, 4) is 16.9 Å². The van der Waals surface area contributed by atoms with Gasteiger partial charge in [-0.15, -0.1) is 0 Å². The van der Waals surface area contributed by atoms with Crippen LogP contribution in [0.3, 0.4) is 0 Å². The van der Waals surface area contributed by atoms with Crippen LogP contribution < -0.4 is 10.1 Å². The van der Waals surface area contributed by atoms with Crippen LogP contribution in [0.4, 0.5) is 10.1 Å². The number of anilines is 1. The van der Waals surface area contributed by atoms with E-state index in [1.165, 1.54) is 6.20 Å². The number of fused-ring (bicyclic) bond motifs is 2. The Balaban J connectivity index is 1.34. The number of carbonyl (C=O) groups excluding carboxylic acids is 2. The van der Waals surface area contributed by atoms with Gasteiger partial charge < -0.3 is 19.7 Å². The molecule has 8 nitrogen and oxygen atoms in total. The van der Waals surface area contributed by atoms with E-state index >= 15 is 0 Å². The number of benzene rings is 1. The largest absolute Gasteiger partial charge is 0.490 e. The van der Waals surface area contributed by atoms with Crippen molar-refractivity contribution in [2.75, 3.05) is 51.3 Å². The Morgan fingerprint density at radius 2 is 2.03 bits per heavy atom. The molecule has 2 amide bonds. The second-order valence-electron chi connectivity index (χ2n) is 8.71. The first-order valence-corrected chi connectivity index (χ1v) is 11.4. The molecule has 2 aromatic rings. The molecule has 2 fully saturated rings. The molecule has 1 aromatic heterocycles. The summed E-state index contributed by atoms with van der Waals surface area (Å²) in [5.41, 5.74) is 1.46. The average Bonchev–Trinajstić information content (AvgIpc) is 2.90. The van der Waals surface area contributed by atoms with Gasteiger partial charge in [0.25, 0.3) is 0 Å². The van der Waals surface area contributed by atoms with Crippen LogP contribution in [0.15, 0.2) is 36.5 Å². The van der Waals surface area contributed by atoms with Gasteiger partial charge in [0, 0.05) is 50.5 Å². The highest BCUT2D eigenvalue weighted by Crippen LogP contribution is 2.33. The summed E-state index contributed by atoms with van der Waals surface area (Å²) in [6, 6.07) is 8.42. The zero-order valence-corrected chi connectivity index (χ0v) is 18.3. The maximum absolute atomic E-state index is 14.2. The number of hydrogen-bond acceptors (Lipinski definition) is 6. The van der Waals surface area contributed by atoms with Crippen LogP contribution in [-0.2, 0) is 14.3 Å². The Labute approximate surface area is 191 Å². The molecule has 33 heavy (non-hydrogen) atoms. The van der Waals surface area contributed by atoms with Crippen molar-refractivity contribution < 1.29 is 23.5 Å². The Kier molecular flexibility index (Phi) is 6.24. The number of piperazine rings is 1. The van der Waals surface area contributed by atoms with E-state index in [2.05, 4.69) is 15.2 Å². The van der Waals surface area contributed by atoms with Crippen LogP contribution in [0.5, 0.6) is 5.75 Å². The number of nitrogens with zero attached hydrogens (tertiary/aromatic N) is 3. The summed E-state index contributed by atoms with van der Waals surface area (Å²) in [4.78, 5) is 33.5. The second kappa shape index (κ2) is 9.44. The van der Waals surface area contributed by atoms with Crippen molar-refractivity contribution in [3.63, 3.8) is 0 Å². The minimum Gasteiger partial charge on any atom is -0.490 e. The van der Waals surface area contributed by atoms with Crippen molar-refractivity contribution in [2.45, 2.75) is 18.9 Å². The van der Waals surface area contributed by atoms with Crippen LogP contribution >= 0.6 is 0 Å². The number of rotatable bonds is 2. The molecule has 0 bridgehead atoms. The standard InChI is InChI=1S/C24H27FN4O4/c25-23-19(2-1-7-26-23)17-3-4-21-20(12-17)27-22(30)14-28-8-9-29(13-18(28)15-33-21)24(31)16-5-10-32-11-6-16/h1-4,7,12,16,18H,5-6,8-11,13-15H2,(H,27,30)/t18-/m1/s1. The first-order chi connectivity index (χ1) is 16.1. The number of hydrogen-bond donors (Lipinski definition) is 1. The zero-order valence-electron chi connectivity index (χ0n) is 18.3. The van der Waals surface area contributed by atoms with E-state index in [1.807, 2.05) is 4.90 Å². The molecule has 3 aliphatic rings. The Hall–Kier alpha value is -3.04. The Morgan fingerprint density at radius 3 is 2.85 bits per heavy atom. The van der Waals surface area contributed by atoms with Gasteiger partial charge in [0.2, 0.25) is 17.8 Å². The van der Waals surface area contributed by atoms with Crippen LogP contribution in [0.2, 0.25) is 0 Å². The Bertz CT molecular complexity index is 1040. The third kappa shape index (κ3) is 4.69. The molecular formula is C24H27FN4O4. The quantitative estimate of drug-likeness (QED) is 0.701. The maximum atomic E-state index is 14.2. The molecule has 1 N–H and O–H groups in total. The van der Waals surface area contributed by atoms with E-state index in [0.717, 1.165) is 12.8 Å². The highest BCUT2D eigenvalue weighted by Gasteiger charge is 2.35. The summed E-state index contributed by atoms with van der Waals surface area (Å²) in [5.74, 6) is -0.0336. The molecule has 4 heterocycles. The Morgan fingerprint density at radius 1 is 1.18 bits per heavy atom. The van der Waals surface area contributed by atoms with Gasteiger partial charge in [0.1, 0.15) is 12.4 Å². The van der Waals surface area contributed by atoms with Crippen molar-refractivity contribution in [2.24, 2.45) is 5.92 Å². The summed E-state index contributed by atoms with van der Waals surface area (Å²) in [7, 11) is 0. The van der Waals surface area contributed by atoms with E-state index in [1.54, 1.807) is 30.3 Å². The van der Waals surface area contributed by atoms with Gasteiger partial charge in [0.05, 0.1) is 18.3 Å². The first kappa shape index (κ1) is 21.8. The fourth-order valence-electron chi connectivity index (χ4n) is 4.74. The van der Waals surface area contributed by atoms with Gasteiger partial charge in [-0.25, -0.2) is 4.98 Å². The molecule has 0 spiro atoms. The second-order valence-corrected chi connectivity index (χ2v) is 8.71. The van der Waals surface area contributed by atoms with Crippen molar-refractivity contribution >= 4 is 17.5 Å². The van der Waals surface area contributed by atoms with Gasteiger partial charge >= 0.3 is 0 Å². The lowest BCUT2D eigenvalue weighted by Crippen LogP contribution is -2.58. The molecular weight excluding hydrogens is 427 g/mol. The number of nitrogens with one attached hydrogen (secondary N) is 1. The predicted molar refractivity (Wildman–Crippen MR) is 119 cm³/mol. The van der Waals surface area contributed by atoms with Gasteiger partial charge in [0.15, 0.2) is 0 Å². The molecule has 0 unspecified atom stereocenters. The number of halogens is 1. The van der Waals surface area contributed by atoms with Crippen LogP contribution in [-0.4, -0.2) is 78.6 Å². The van der Waals surface area contributed by atoms with Crippen molar-refractivity contribution in [1.82, 2.24) is 14.8 Å². The molecule has 2 saturated heterocycles. The van der Waals surface area contributed by atoms with E-state index < -0.39 is 5.95 Å². The van der Waals surface area contributed by atoms with Crippen LogP contribution in [0, 0.1) is 11.9 Å². The van der Waals surface area contributed by atoms with Crippen molar-refractivity contribution in [3.05, 3.63) is 42.5 Å².